The molecule has 0 aliphatic rings. The molecule has 5 heteroatoms. The average molecular weight is 244 g/mol. The number of aliphatic carboxylic acids is 1. The third-order valence-corrected chi connectivity index (χ3v) is 2.99. The van der Waals surface area contributed by atoms with Crippen molar-refractivity contribution in [2.45, 2.75) is 46.6 Å². The first kappa shape index (κ1) is 15.7. The van der Waals surface area contributed by atoms with Crippen LogP contribution in [0.25, 0.3) is 0 Å². The maximum absolute atomic E-state index is 11.9. The zero-order chi connectivity index (χ0) is 13.4. The third-order valence-electron chi connectivity index (χ3n) is 2.99. The van der Waals surface area contributed by atoms with E-state index in [9.17, 15) is 9.59 Å². The fourth-order valence-electron chi connectivity index (χ4n) is 1.30. The predicted molar refractivity (Wildman–Crippen MR) is 66.9 cm³/mol. The summed E-state index contributed by atoms with van der Waals surface area (Å²) in [5.41, 5.74) is 0. The van der Waals surface area contributed by atoms with E-state index in [0.717, 1.165) is 12.8 Å². The van der Waals surface area contributed by atoms with Gasteiger partial charge in [-0.15, -0.1) is 0 Å². The highest BCUT2D eigenvalue weighted by atomic mass is 16.4. The minimum Gasteiger partial charge on any atom is -0.480 e. The molecule has 2 unspecified atom stereocenters. The topological polar surface area (TPSA) is 69.6 Å². The van der Waals surface area contributed by atoms with E-state index in [0.29, 0.717) is 12.5 Å². The monoisotopic (exact) mass is 244 g/mol. The van der Waals surface area contributed by atoms with Crippen molar-refractivity contribution < 1.29 is 14.7 Å². The van der Waals surface area contributed by atoms with Crippen LogP contribution >= 0.6 is 0 Å². The molecule has 0 heterocycles. The van der Waals surface area contributed by atoms with Gasteiger partial charge in [0.1, 0.15) is 6.54 Å². The number of amides is 2. The lowest BCUT2D eigenvalue weighted by atomic mass is 10.1. The molecule has 2 N–H and O–H groups in total. The second-order valence-corrected chi connectivity index (χ2v) is 4.48. The van der Waals surface area contributed by atoms with Crippen molar-refractivity contribution in [1.29, 1.82) is 0 Å². The molecule has 0 aromatic heterocycles. The molecule has 5 nitrogen and oxygen atoms in total. The van der Waals surface area contributed by atoms with Crippen LogP contribution in [0, 0.1) is 5.92 Å². The summed E-state index contributed by atoms with van der Waals surface area (Å²) < 4.78 is 0. The van der Waals surface area contributed by atoms with Crippen LogP contribution in [0.5, 0.6) is 0 Å². The van der Waals surface area contributed by atoms with Crippen molar-refractivity contribution in [3.05, 3.63) is 0 Å². The van der Waals surface area contributed by atoms with Crippen LogP contribution in [0.2, 0.25) is 0 Å². The van der Waals surface area contributed by atoms with Crippen molar-refractivity contribution in [1.82, 2.24) is 10.2 Å². The number of carbonyl (C=O) groups excluding carboxylic acids is 1. The van der Waals surface area contributed by atoms with Gasteiger partial charge < -0.3 is 15.3 Å². The van der Waals surface area contributed by atoms with Gasteiger partial charge in [0.25, 0.3) is 0 Å². The van der Waals surface area contributed by atoms with Gasteiger partial charge in [-0.2, -0.15) is 0 Å². The molecule has 2 amide bonds. The number of carboxylic acid groups (broad SMARTS) is 1. The zero-order valence-electron chi connectivity index (χ0n) is 11.2. The molecule has 100 valence electrons. The van der Waals surface area contributed by atoms with Crippen LogP contribution in [0.3, 0.4) is 0 Å². The van der Waals surface area contributed by atoms with E-state index in [2.05, 4.69) is 12.2 Å². The Morgan fingerprint density at radius 3 is 2.24 bits per heavy atom. The summed E-state index contributed by atoms with van der Waals surface area (Å²) in [7, 11) is 0. The predicted octanol–water partition coefficient (Wildman–Crippen LogP) is 1.93. The van der Waals surface area contributed by atoms with Gasteiger partial charge in [-0.3, -0.25) is 4.79 Å². The minimum atomic E-state index is -0.982. The van der Waals surface area contributed by atoms with E-state index in [-0.39, 0.29) is 18.6 Å². The highest BCUT2D eigenvalue weighted by molar-refractivity contribution is 5.80. The average Bonchev–Trinajstić information content (AvgIpc) is 2.31. The van der Waals surface area contributed by atoms with E-state index in [1.807, 2.05) is 20.8 Å². The first-order valence-corrected chi connectivity index (χ1v) is 6.18. The van der Waals surface area contributed by atoms with E-state index in [1.165, 1.54) is 4.90 Å². The highest BCUT2D eigenvalue weighted by Gasteiger charge is 2.21. The van der Waals surface area contributed by atoms with E-state index in [4.69, 9.17) is 5.11 Å². The quantitative estimate of drug-likeness (QED) is 0.719. The molecule has 0 saturated carbocycles. The van der Waals surface area contributed by atoms with E-state index < -0.39 is 5.97 Å². The van der Waals surface area contributed by atoms with Crippen molar-refractivity contribution in [3.8, 4) is 0 Å². The van der Waals surface area contributed by atoms with Gasteiger partial charge in [0.2, 0.25) is 0 Å². The van der Waals surface area contributed by atoms with Gasteiger partial charge in [0.15, 0.2) is 0 Å². The largest absolute Gasteiger partial charge is 0.480 e. The standard InChI is InChI=1S/C12H24N2O3/c1-5-9(3)7-13-12(17)14(8-11(15)16)10(4)6-2/h9-10H,5-8H2,1-4H3,(H,13,17)(H,15,16). The number of nitrogens with zero attached hydrogens (tertiary/aromatic N) is 1. The number of rotatable bonds is 7. The second kappa shape index (κ2) is 7.92. The molecular formula is C12H24N2O3. The SMILES string of the molecule is CCC(C)CNC(=O)N(CC(=O)O)C(C)CC. The third kappa shape index (κ3) is 6.14. The van der Waals surface area contributed by atoms with E-state index in [1.54, 1.807) is 0 Å². The Kier molecular flexibility index (Phi) is 7.34. The smallest absolute Gasteiger partial charge is 0.323 e. The molecule has 17 heavy (non-hydrogen) atoms. The summed E-state index contributed by atoms with van der Waals surface area (Å²) in [6.45, 7) is 8.22. The fraction of sp³-hybridized carbons (Fsp3) is 0.833. The Labute approximate surface area is 103 Å². The molecule has 0 fully saturated rings. The van der Waals surface area contributed by atoms with Gasteiger partial charge in [-0.1, -0.05) is 27.2 Å². The Hall–Kier alpha value is -1.26. The van der Waals surface area contributed by atoms with Gasteiger partial charge in [0, 0.05) is 12.6 Å². The van der Waals surface area contributed by atoms with Crippen molar-refractivity contribution in [2.24, 2.45) is 5.92 Å². The fourth-order valence-corrected chi connectivity index (χ4v) is 1.30. The summed E-state index contributed by atoms with van der Waals surface area (Å²) in [6.07, 6.45) is 1.73. The molecule has 0 spiro atoms. The van der Waals surface area contributed by atoms with Crippen molar-refractivity contribution in [2.75, 3.05) is 13.1 Å². The Morgan fingerprint density at radius 1 is 1.24 bits per heavy atom. The number of hydrogen-bond acceptors (Lipinski definition) is 2. The van der Waals surface area contributed by atoms with Crippen LogP contribution in [0.1, 0.15) is 40.5 Å². The maximum Gasteiger partial charge on any atom is 0.323 e. The molecule has 0 aliphatic heterocycles. The lowest BCUT2D eigenvalue weighted by Crippen LogP contribution is -2.48. The van der Waals surface area contributed by atoms with Crippen LogP contribution in [-0.2, 0) is 4.79 Å². The molecule has 0 radical (unpaired) electrons. The summed E-state index contributed by atoms with van der Waals surface area (Å²) in [5.74, 6) is -0.577. The number of hydrogen-bond donors (Lipinski definition) is 2. The van der Waals surface area contributed by atoms with Crippen molar-refractivity contribution in [3.63, 3.8) is 0 Å². The van der Waals surface area contributed by atoms with Gasteiger partial charge >= 0.3 is 12.0 Å². The number of nitrogens with one attached hydrogen (secondary N) is 1. The molecule has 0 bridgehead atoms. The minimum absolute atomic E-state index is 0.0666. The number of urea groups is 1. The summed E-state index contributed by atoms with van der Waals surface area (Å²) >= 11 is 0. The van der Waals surface area contributed by atoms with Gasteiger partial charge in [-0.05, 0) is 19.3 Å². The highest BCUT2D eigenvalue weighted by Crippen LogP contribution is 2.04. The first-order valence-electron chi connectivity index (χ1n) is 6.18. The molecule has 0 aliphatic carbocycles. The lowest BCUT2D eigenvalue weighted by molar-refractivity contribution is -0.138. The molecule has 0 saturated heterocycles. The van der Waals surface area contributed by atoms with Gasteiger partial charge in [-0.25, -0.2) is 4.79 Å². The number of carbonyl (C=O) groups is 2. The Morgan fingerprint density at radius 2 is 1.82 bits per heavy atom. The lowest BCUT2D eigenvalue weighted by Gasteiger charge is -2.27. The zero-order valence-corrected chi connectivity index (χ0v) is 11.2. The first-order chi connectivity index (χ1) is 7.92. The molecule has 0 aromatic carbocycles. The van der Waals surface area contributed by atoms with Crippen LogP contribution in [0.15, 0.2) is 0 Å². The Bertz CT molecular complexity index is 256. The second-order valence-electron chi connectivity index (χ2n) is 4.48. The molecule has 0 rings (SSSR count). The van der Waals surface area contributed by atoms with Crippen molar-refractivity contribution >= 4 is 12.0 Å². The van der Waals surface area contributed by atoms with Gasteiger partial charge in [0.05, 0.1) is 0 Å². The van der Waals surface area contributed by atoms with E-state index >= 15 is 0 Å². The van der Waals surface area contributed by atoms with Crippen LogP contribution in [0.4, 0.5) is 4.79 Å². The normalized spacial score (nSPS) is 13.9. The molecule has 2 atom stereocenters. The molecule has 0 aromatic rings. The maximum atomic E-state index is 11.9. The summed E-state index contributed by atoms with van der Waals surface area (Å²) in [6, 6.07) is -0.356. The summed E-state index contributed by atoms with van der Waals surface area (Å²) in [5, 5.41) is 11.6. The van der Waals surface area contributed by atoms with Crippen LogP contribution < -0.4 is 5.32 Å². The van der Waals surface area contributed by atoms with Crippen LogP contribution in [-0.4, -0.2) is 41.1 Å². The summed E-state index contributed by atoms with van der Waals surface area (Å²) in [4.78, 5) is 23.9. The Balaban J connectivity index is 4.37. The molecular weight excluding hydrogens is 220 g/mol. The number of carboxylic acids is 1.